The van der Waals surface area contributed by atoms with Gasteiger partial charge >= 0.3 is 5.97 Å². The topological polar surface area (TPSA) is 37.3 Å². The van der Waals surface area contributed by atoms with Crippen LogP contribution in [0, 0.1) is 0 Å². The van der Waals surface area contributed by atoms with E-state index in [0.29, 0.717) is 20.1 Å². The van der Waals surface area contributed by atoms with Gasteiger partial charge in [0.15, 0.2) is 0 Å². The second-order valence-electron chi connectivity index (χ2n) is 2.43. The van der Waals surface area contributed by atoms with Crippen molar-refractivity contribution in [1.29, 1.82) is 0 Å². The highest BCUT2D eigenvalue weighted by Gasteiger charge is 2.08. The molecule has 1 N–H and O–H groups in total. The molecule has 0 aromatic heterocycles. The highest BCUT2D eigenvalue weighted by atomic mass is 79.9. The van der Waals surface area contributed by atoms with Crippen molar-refractivity contribution in [2.75, 3.05) is 0 Å². The van der Waals surface area contributed by atoms with Crippen LogP contribution in [0.1, 0.15) is 5.56 Å². The monoisotopic (exact) mass is 282 g/mol. The third-order valence-electron chi connectivity index (χ3n) is 1.43. The van der Waals surface area contributed by atoms with Gasteiger partial charge in [0.25, 0.3) is 0 Å². The molecule has 1 aromatic rings. The molecule has 0 aliphatic rings. The Kier molecular flexibility index (Phi) is 3.59. The molecule has 0 heterocycles. The number of hydrogen-bond donors (Lipinski definition) is 1. The first-order valence-electron chi connectivity index (χ1n) is 3.36. The predicted molar refractivity (Wildman–Crippen MR) is 55.5 cm³/mol. The highest BCUT2D eigenvalue weighted by Crippen LogP contribution is 2.29. The van der Waals surface area contributed by atoms with Crippen molar-refractivity contribution in [2.45, 2.75) is 6.42 Å². The van der Waals surface area contributed by atoms with E-state index in [1.54, 1.807) is 12.1 Å². The fourth-order valence-corrected chi connectivity index (χ4v) is 1.75. The molecule has 0 unspecified atom stereocenters. The van der Waals surface area contributed by atoms with E-state index in [9.17, 15) is 4.79 Å². The SMILES string of the molecule is O=C(O)Cc1cc(Cl)c(Br)cc1Cl. The van der Waals surface area contributed by atoms with Gasteiger partial charge in [-0.15, -0.1) is 0 Å². The van der Waals surface area contributed by atoms with E-state index < -0.39 is 5.97 Å². The molecule has 0 amide bonds. The summed E-state index contributed by atoms with van der Waals surface area (Å²) >= 11 is 14.7. The molecule has 0 aliphatic heterocycles. The lowest BCUT2D eigenvalue weighted by Crippen LogP contribution is -2.00. The smallest absolute Gasteiger partial charge is 0.307 e. The molecule has 0 radical (unpaired) electrons. The summed E-state index contributed by atoms with van der Waals surface area (Å²) in [6.07, 6.45) is -0.119. The van der Waals surface area contributed by atoms with E-state index in [0.717, 1.165) is 0 Å². The van der Waals surface area contributed by atoms with Crippen LogP contribution in [0.25, 0.3) is 0 Å². The maximum atomic E-state index is 10.4. The van der Waals surface area contributed by atoms with Crippen molar-refractivity contribution < 1.29 is 9.90 Å². The van der Waals surface area contributed by atoms with Crippen molar-refractivity contribution in [3.05, 3.63) is 32.2 Å². The lowest BCUT2D eigenvalue weighted by molar-refractivity contribution is -0.136. The maximum Gasteiger partial charge on any atom is 0.307 e. The van der Waals surface area contributed by atoms with Gasteiger partial charge in [0.1, 0.15) is 0 Å². The van der Waals surface area contributed by atoms with Crippen molar-refractivity contribution in [2.24, 2.45) is 0 Å². The summed E-state index contributed by atoms with van der Waals surface area (Å²) < 4.78 is 0.660. The standard InChI is InChI=1S/C8H5BrCl2O2/c9-5-3-6(10)4(1-7(5)11)2-8(12)13/h1,3H,2H2,(H,12,13). The summed E-state index contributed by atoms with van der Waals surface area (Å²) in [5.41, 5.74) is 0.516. The molecule has 0 bridgehead atoms. The van der Waals surface area contributed by atoms with E-state index in [1.807, 2.05) is 0 Å². The Bertz CT molecular complexity index is 352. The number of carbonyl (C=O) groups is 1. The number of hydrogen-bond acceptors (Lipinski definition) is 1. The Morgan fingerprint density at radius 3 is 2.54 bits per heavy atom. The van der Waals surface area contributed by atoms with Crippen molar-refractivity contribution in [1.82, 2.24) is 0 Å². The van der Waals surface area contributed by atoms with E-state index in [-0.39, 0.29) is 6.42 Å². The van der Waals surface area contributed by atoms with Gasteiger partial charge in [-0.3, -0.25) is 4.79 Å². The zero-order chi connectivity index (χ0) is 10.0. The van der Waals surface area contributed by atoms with E-state index in [4.69, 9.17) is 28.3 Å². The lowest BCUT2D eigenvalue weighted by Gasteiger charge is -2.03. The molecule has 13 heavy (non-hydrogen) atoms. The Hall–Kier alpha value is -0.250. The van der Waals surface area contributed by atoms with E-state index >= 15 is 0 Å². The number of aliphatic carboxylic acids is 1. The minimum absolute atomic E-state index is 0.119. The van der Waals surface area contributed by atoms with Gasteiger partial charge < -0.3 is 5.11 Å². The average molecular weight is 284 g/mol. The molecule has 0 saturated carbocycles. The van der Waals surface area contributed by atoms with Crippen LogP contribution in [0.2, 0.25) is 10.0 Å². The normalized spacial score (nSPS) is 10.1. The van der Waals surface area contributed by atoms with Crippen LogP contribution < -0.4 is 0 Å². The molecule has 1 aromatic carbocycles. The molecule has 0 atom stereocenters. The number of benzene rings is 1. The largest absolute Gasteiger partial charge is 0.481 e. The summed E-state index contributed by atoms with van der Waals surface area (Å²) in [7, 11) is 0. The van der Waals surface area contributed by atoms with Crippen LogP contribution in [-0.2, 0) is 11.2 Å². The molecular weight excluding hydrogens is 279 g/mol. The highest BCUT2D eigenvalue weighted by molar-refractivity contribution is 9.10. The zero-order valence-corrected chi connectivity index (χ0v) is 9.45. The zero-order valence-electron chi connectivity index (χ0n) is 6.35. The van der Waals surface area contributed by atoms with Crippen LogP contribution in [0.15, 0.2) is 16.6 Å². The fourth-order valence-electron chi connectivity index (χ4n) is 0.862. The molecule has 0 aliphatic carbocycles. The molecule has 0 fully saturated rings. The summed E-state index contributed by atoms with van der Waals surface area (Å²) in [4.78, 5) is 10.4. The Labute approximate surface area is 93.6 Å². The van der Waals surface area contributed by atoms with Crippen molar-refractivity contribution in [3.8, 4) is 0 Å². The molecule has 70 valence electrons. The van der Waals surface area contributed by atoms with Crippen LogP contribution >= 0.6 is 39.1 Å². The van der Waals surface area contributed by atoms with Gasteiger partial charge in [0.05, 0.1) is 11.4 Å². The molecule has 1 rings (SSSR count). The first kappa shape index (κ1) is 10.8. The van der Waals surface area contributed by atoms with Crippen molar-refractivity contribution >= 4 is 45.1 Å². The van der Waals surface area contributed by atoms with Crippen LogP contribution in [-0.4, -0.2) is 11.1 Å². The first-order valence-corrected chi connectivity index (χ1v) is 4.91. The Morgan fingerprint density at radius 1 is 1.38 bits per heavy atom. The van der Waals surface area contributed by atoms with Crippen LogP contribution in [0.5, 0.6) is 0 Å². The summed E-state index contributed by atoms with van der Waals surface area (Å²) in [6, 6.07) is 3.13. The first-order chi connectivity index (χ1) is 6.00. The quantitative estimate of drug-likeness (QED) is 0.845. The van der Waals surface area contributed by atoms with Gasteiger partial charge in [-0.05, 0) is 33.6 Å². The summed E-state index contributed by atoms with van der Waals surface area (Å²) in [5.74, 6) is -0.930. The Balaban J connectivity index is 3.08. The molecule has 2 nitrogen and oxygen atoms in total. The third kappa shape index (κ3) is 2.86. The molecular formula is C8H5BrCl2O2. The molecule has 5 heteroatoms. The summed E-state index contributed by atoms with van der Waals surface area (Å²) in [6.45, 7) is 0. The Morgan fingerprint density at radius 2 is 2.00 bits per heavy atom. The second kappa shape index (κ2) is 4.31. The minimum Gasteiger partial charge on any atom is -0.481 e. The number of carboxylic acid groups (broad SMARTS) is 1. The third-order valence-corrected chi connectivity index (χ3v) is 2.98. The van der Waals surface area contributed by atoms with Gasteiger partial charge in [-0.1, -0.05) is 23.2 Å². The van der Waals surface area contributed by atoms with Gasteiger partial charge in [-0.2, -0.15) is 0 Å². The maximum absolute atomic E-state index is 10.4. The summed E-state index contributed by atoms with van der Waals surface area (Å²) in [5, 5.41) is 9.40. The number of carboxylic acids is 1. The minimum atomic E-state index is -0.930. The number of halogens is 3. The number of rotatable bonds is 2. The fraction of sp³-hybridized carbons (Fsp3) is 0.125. The predicted octanol–water partition coefficient (Wildman–Crippen LogP) is 3.38. The average Bonchev–Trinajstić information content (AvgIpc) is 1.99. The van der Waals surface area contributed by atoms with Crippen molar-refractivity contribution in [3.63, 3.8) is 0 Å². The molecule has 0 saturated heterocycles. The van der Waals surface area contributed by atoms with Crippen LogP contribution in [0.3, 0.4) is 0 Å². The van der Waals surface area contributed by atoms with Gasteiger partial charge in [-0.25, -0.2) is 0 Å². The van der Waals surface area contributed by atoms with Gasteiger partial charge in [0, 0.05) is 9.50 Å². The lowest BCUT2D eigenvalue weighted by atomic mass is 10.1. The second-order valence-corrected chi connectivity index (χ2v) is 4.10. The van der Waals surface area contributed by atoms with Gasteiger partial charge in [0.2, 0.25) is 0 Å². The molecule has 0 spiro atoms. The van der Waals surface area contributed by atoms with E-state index in [2.05, 4.69) is 15.9 Å². The van der Waals surface area contributed by atoms with Crippen LogP contribution in [0.4, 0.5) is 0 Å². The van der Waals surface area contributed by atoms with E-state index in [1.165, 1.54) is 0 Å².